The van der Waals surface area contributed by atoms with Crippen molar-refractivity contribution in [2.75, 3.05) is 33.2 Å². The number of fused-ring (bicyclic) bond motifs is 1. The summed E-state index contributed by atoms with van der Waals surface area (Å²) in [4.78, 5) is 29.8. The average Bonchev–Trinajstić information content (AvgIpc) is 3.05. The Morgan fingerprint density at radius 1 is 1.29 bits per heavy atom. The van der Waals surface area contributed by atoms with Crippen LogP contribution in [0.15, 0.2) is 28.7 Å². The molecule has 3 N–H and O–H groups in total. The van der Waals surface area contributed by atoms with E-state index in [0.29, 0.717) is 19.6 Å². The van der Waals surface area contributed by atoms with Crippen LogP contribution in [0, 0.1) is 0 Å². The van der Waals surface area contributed by atoms with Crippen molar-refractivity contribution in [2.45, 2.75) is 18.8 Å². The molecule has 1 saturated heterocycles. The number of amides is 2. The number of benzene rings is 1. The van der Waals surface area contributed by atoms with E-state index in [9.17, 15) is 9.59 Å². The number of carbonyl (C=O) groups excluding carboxylic acids is 2. The van der Waals surface area contributed by atoms with E-state index in [4.69, 9.17) is 4.42 Å². The summed E-state index contributed by atoms with van der Waals surface area (Å²) in [6, 6.07) is 7.76. The number of hydrogen-bond acceptors (Lipinski definition) is 4. The minimum Gasteiger partial charge on any atom is -0.440 e. The fourth-order valence-corrected chi connectivity index (χ4v) is 3.00. The Balaban J connectivity index is 1.50. The number of likely N-dealkylation sites (tertiary alicyclic amines) is 1. The number of oxazole rings is 1. The Morgan fingerprint density at radius 2 is 2.04 bits per heavy atom. The van der Waals surface area contributed by atoms with Crippen molar-refractivity contribution in [1.29, 1.82) is 0 Å². The second-order valence-corrected chi connectivity index (χ2v) is 6.04. The van der Waals surface area contributed by atoms with Gasteiger partial charge in [-0.3, -0.25) is 9.59 Å². The monoisotopic (exact) mass is 331 g/mol. The molecular formula is C17H23N4O3+. The van der Waals surface area contributed by atoms with Crippen LogP contribution in [-0.2, 0) is 9.59 Å². The maximum Gasteiger partial charge on any atom is 0.277 e. The lowest BCUT2D eigenvalue weighted by Crippen LogP contribution is -2.88. The third-order valence-electron chi connectivity index (χ3n) is 4.43. The van der Waals surface area contributed by atoms with Gasteiger partial charge in [-0.15, -0.1) is 0 Å². The van der Waals surface area contributed by atoms with Crippen molar-refractivity contribution < 1.29 is 19.3 Å². The number of nitrogens with zero attached hydrogens (tertiary/aromatic N) is 2. The number of likely N-dealkylation sites (N-methyl/N-ethyl adjacent to an activating group) is 1. The molecule has 2 aromatic rings. The summed E-state index contributed by atoms with van der Waals surface area (Å²) < 4.78 is 5.84. The van der Waals surface area contributed by atoms with Crippen molar-refractivity contribution in [2.24, 2.45) is 0 Å². The van der Waals surface area contributed by atoms with Crippen LogP contribution in [0.25, 0.3) is 11.1 Å². The van der Waals surface area contributed by atoms with Gasteiger partial charge in [0, 0.05) is 26.1 Å². The summed E-state index contributed by atoms with van der Waals surface area (Å²) in [5.74, 6) is 1.04. The van der Waals surface area contributed by atoms with Crippen LogP contribution in [0.2, 0.25) is 0 Å². The molecule has 128 valence electrons. The summed E-state index contributed by atoms with van der Waals surface area (Å²) >= 11 is 0. The highest BCUT2D eigenvalue weighted by molar-refractivity contribution is 5.78. The van der Waals surface area contributed by atoms with Crippen LogP contribution in [0.5, 0.6) is 0 Å². The van der Waals surface area contributed by atoms with E-state index in [0.717, 1.165) is 29.8 Å². The normalized spacial score (nSPS) is 15.6. The molecule has 0 unspecified atom stereocenters. The zero-order valence-electron chi connectivity index (χ0n) is 13.8. The molecule has 7 nitrogen and oxygen atoms in total. The Bertz CT molecular complexity index is 686. The summed E-state index contributed by atoms with van der Waals surface area (Å²) in [5.41, 5.74) is 1.70. The van der Waals surface area contributed by atoms with E-state index in [1.54, 1.807) is 12.4 Å². The van der Waals surface area contributed by atoms with E-state index in [-0.39, 0.29) is 24.3 Å². The van der Waals surface area contributed by atoms with E-state index >= 15 is 0 Å². The molecular weight excluding hydrogens is 308 g/mol. The number of aromatic nitrogens is 1. The molecule has 0 atom stereocenters. The third kappa shape index (κ3) is 3.73. The van der Waals surface area contributed by atoms with Crippen molar-refractivity contribution in [3.63, 3.8) is 0 Å². The van der Waals surface area contributed by atoms with Gasteiger partial charge in [-0.2, -0.15) is 0 Å². The van der Waals surface area contributed by atoms with Crippen LogP contribution < -0.4 is 10.6 Å². The molecule has 0 bridgehead atoms. The highest BCUT2D eigenvalue weighted by atomic mass is 16.3. The predicted octanol–water partition coefficient (Wildman–Crippen LogP) is -0.157. The second kappa shape index (κ2) is 7.44. The lowest BCUT2D eigenvalue weighted by molar-refractivity contribution is -0.633. The number of nitrogens with one attached hydrogen (secondary N) is 1. The summed E-state index contributed by atoms with van der Waals surface area (Å²) in [6.45, 7) is 1.99. The van der Waals surface area contributed by atoms with Crippen LogP contribution in [-0.4, -0.2) is 54.9 Å². The quantitative estimate of drug-likeness (QED) is 0.796. The zero-order valence-corrected chi connectivity index (χ0v) is 13.8. The van der Waals surface area contributed by atoms with Crippen molar-refractivity contribution in [3.05, 3.63) is 30.2 Å². The topological polar surface area (TPSA) is 92.0 Å². The smallest absolute Gasteiger partial charge is 0.277 e. The summed E-state index contributed by atoms with van der Waals surface area (Å²) in [7, 11) is 1.59. The first-order valence-electron chi connectivity index (χ1n) is 8.33. The predicted molar refractivity (Wildman–Crippen MR) is 88.3 cm³/mol. The highest BCUT2D eigenvalue weighted by Crippen LogP contribution is 2.29. The molecule has 7 heteroatoms. The second-order valence-electron chi connectivity index (χ2n) is 6.04. The zero-order chi connectivity index (χ0) is 16.9. The van der Waals surface area contributed by atoms with Crippen LogP contribution >= 0.6 is 0 Å². The highest BCUT2D eigenvalue weighted by Gasteiger charge is 2.27. The first-order valence-corrected chi connectivity index (χ1v) is 8.33. The lowest BCUT2D eigenvalue weighted by atomic mass is 9.97. The Hall–Kier alpha value is -2.41. The number of piperidine rings is 1. The fraction of sp³-hybridized carbons (Fsp3) is 0.471. The first kappa shape index (κ1) is 16.4. The maximum atomic E-state index is 12.2. The molecule has 2 amide bonds. The van der Waals surface area contributed by atoms with Gasteiger partial charge in [0.1, 0.15) is 5.52 Å². The van der Waals surface area contributed by atoms with Crippen molar-refractivity contribution in [1.82, 2.24) is 15.2 Å². The van der Waals surface area contributed by atoms with Crippen LogP contribution in [0.3, 0.4) is 0 Å². The number of carbonyl (C=O) groups is 2. The standard InChI is InChI=1S/C17H22N4O3/c1-18-15(22)10-19-11-16(23)21-8-6-12(7-9-21)17-20-13-4-2-3-5-14(13)24-17/h2-5,12,19H,6-11H2,1H3,(H,18,22)/p+1. The number of nitrogens with two attached hydrogens (primary N) is 1. The fourth-order valence-electron chi connectivity index (χ4n) is 3.00. The molecule has 24 heavy (non-hydrogen) atoms. The average molecular weight is 331 g/mol. The molecule has 3 rings (SSSR count). The number of para-hydroxylation sites is 2. The number of rotatable bonds is 5. The van der Waals surface area contributed by atoms with Crippen LogP contribution in [0.4, 0.5) is 0 Å². The molecule has 1 aromatic carbocycles. The molecule has 0 spiro atoms. The molecule has 1 aliphatic heterocycles. The first-order chi connectivity index (χ1) is 11.7. The van der Waals surface area contributed by atoms with Gasteiger partial charge >= 0.3 is 0 Å². The lowest BCUT2D eigenvalue weighted by Gasteiger charge is -2.30. The van der Waals surface area contributed by atoms with Gasteiger partial charge < -0.3 is 20.0 Å². The van der Waals surface area contributed by atoms with E-state index in [1.807, 2.05) is 29.2 Å². The Labute approximate surface area is 140 Å². The van der Waals surface area contributed by atoms with Gasteiger partial charge in [0.15, 0.2) is 24.6 Å². The van der Waals surface area contributed by atoms with E-state index in [2.05, 4.69) is 10.3 Å². The SMILES string of the molecule is CNC(=O)C[NH2+]CC(=O)N1CCC(c2nc3ccccc3o2)CC1. The van der Waals surface area contributed by atoms with Gasteiger partial charge in [0.25, 0.3) is 11.8 Å². The molecule has 1 fully saturated rings. The molecule has 0 aliphatic carbocycles. The van der Waals surface area contributed by atoms with Gasteiger partial charge in [-0.1, -0.05) is 12.1 Å². The van der Waals surface area contributed by atoms with Crippen molar-refractivity contribution in [3.8, 4) is 0 Å². The third-order valence-corrected chi connectivity index (χ3v) is 4.43. The van der Waals surface area contributed by atoms with Crippen molar-refractivity contribution >= 4 is 22.9 Å². The summed E-state index contributed by atoms with van der Waals surface area (Å²) in [5, 5.41) is 4.27. The molecule has 0 saturated carbocycles. The van der Waals surface area contributed by atoms with Crippen LogP contribution in [0.1, 0.15) is 24.7 Å². The Morgan fingerprint density at radius 3 is 2.75 bits per heavy atom. The van der Waals surface area contributed by atoms with Gasteiger partial charge in [-0.25, -0.2) is 4.98 Å². The van der Waals surface area contributed by atoms with Gasteiger partial charge in [-0.05, 0) is 25.0 Å². The molecule has 1 aliphatic rings. The minimum absolute atomic E-state index is 0.0718. The largest absolute Gasteiger partial charge is 0.440 e. The number of quaternary nitrogens is 1. The molecule has 1 aromatic heterocycles. The number of hydrogen-bond donors (Lipinski definition) is 2. The van der Waals surface area contributed by atoms with Gasteiger partial charge in [0.2, 0.25) is 0 Å². The van der Waals surface area contributed by atoms with E-state index < -0.39 is 0 Å². The maximum absolute atomic E-state index is 12.2. The molecule has 2 heterocycles. The van der Waals surface area contributed by atoms with Gasteiger partial charge in [0.05, 0.1) is 0 Å². The molecule has 0 radical (unpaired) electrons. The minimum atomic E-state index is -0.0718. The van der Waals surface area contributed by atoms with E-state index in [1.165, 1.54) is 0 Å². The summed E-state index contributed by atoms with van der Waals surface area (Å²) in [6.07, 6.45) is 1.71. The Kier molecular flexibility index (Phi) is 5.10.